The van der Waals surface area contributed by atoms with E-state index in [0.717, 1.165) is 0 Å². The van der Waals surface area contributed by atoms with Gasteiger partial charge in [-0.2, -0.15) is 0 Å². The molecule has 1 atom stereocenters. The predicted octanol–water partition coefficient (Wildman–Crippen LogP) is 4.63. The topological polar surface area (TPSA) is 105 Å². The van der Waals surface area contributed by atoms with Crippen LogP contribution in [-0.4, -0.2) is 25.7 Å². The highest BCUT2D eigenvalue weighted by Gasteiger charge is 2.38. The summed E-state index contributed by atoms with van der Waals surface area (Å²) in [4.78, 5) is 11.4. The number of aryl methyl sites for hydroxylation is 1. The molecular formula is C18H26O8P2. The molecule has 0 aliphatic rings. The molecule has 2 aromatic rings. The molecule has 156 valence electrons. The van der Waals surface area contributed by atoms with E-state index in [9.17, 15) is 13.9 Å². The smallest absolute Gasteiger partial charge is 0.395 e. The first kappa shape index (κ1) is 22.9. The Balaban J connectivity index is 2.39. The third-order valence-electron chi connectivity index (χ3n) is 3.84. The Morgan fingerprint density at radius 2 is 1.43 bits per heavy atom. The molecule has 0 fully saturated rings. The van der Waals surface area contributed by atoms with Crippen LogP contribution in [0.2, 0.25) is 0 Å². The van der Waals surface area contributed by atoms with Crippen molar-refractivity contribution in [3.05, 3.63) is 40.6 Å². The van der Waals surface area contributed by atoms with E-state index in [1.54, 1.807) is 45.0 Å². The zero-order valence-corrected chi connectivity index (χ0v) is 18.3. The van der Waals surface area contributed by atoms with Crippen LogP contribution in [0.3, 0.4) is 0 Å². The van der Waals surface area contributed by atoms with Crippen LogP contribution < -0.4 is 11.1 Å². The molecule has 0 N–H and O–H groups in total. The van der Waals surface area contributed by atoms with Gasteiger partial charge in [0.05, 0.1) is 19.8 Å². The van der Waals surface area contributed by atoms with Crippen molar-refractivity contribution in [2.75, 3.05) is 25.7 Å². The molecule has 0 saturated heterocycles. The van der Waals surface area contributed by atoms with E-state index in [1.807, 2.05) is 6.92 Å². The monoisotopic (exact) mass is 432 g/mol. The molecule has 8 nitrogen and oxygen atoms in total. The van der Waals surface area contributed by atoms with E-state index in [4.69, 9.17) is 22.4 Å². The molecule has 0 amide bonds. The third kappa shape index (κ3) is 5.34. The van der Waals surface area contributed by atoms with E-state index in [2.05, 4.69) is 0 Å². The summed E-state index contributed by atoms with van der Waals surface area (Å²) < 4.78 is 52.6. The Hall–Kier alpha value is -1.43. The van der Waals surface area contributed by atoms with Crippen molar-refractivity contribution in [3.8, 4) is 11.3 Å². The van der Waals surface area contributed by atoms with E-state index in [0.29, 0.717) is 28.8 Å². The zero-order valence-electron chi connectivity index (χ0n) is 16.5. The van der Waals surface area contributed by atoms with E-state index >= 15 is 0 Å². The lowest BCUT2D eigenvalue weighted by Gasteiger charge is -2.23. The Morgan fingerprint density at radius 3 is 1.93 bits per heavy atom. The summed E-state index contributed by atoms with van der Waals surface area (Å²) in [7, 11) is -7.08. The van der Waals surface area contributed by atoms with Crippen molar-refractivity contribution < 1.29 is 31.5 Å². The van der Waals surface area contributed by atoms with E-state index in [1.165, 1.54) is 0 Å². The maximum atomic E-state index is 13.5. The first-order chi connectivity index (χ1) is 13.3. The second-order valence-electron chi connectivity index (χ2n) is 5.79. The van der Waals surface area contributed by atoms with Gasteiger partial charge in [-0.15, -0.1) is 0 Å². The molecule has 1 aromatic heterocycles. The predicted molar refractivity (Wildman–Crippen MR) is 107 cm³/mol. The van der Waals surface area contributed by atoms with Crippen LogP contribution in [0, 0.1) is 0 Å². The van der Waals surface area contributed by atoms with Gasteiger partial charge < -0.3 is 22.4 Å². The summed E-state index contributed by atoms with van der Waals surface area (Å²) in [5, 5.41) is 0.377. The summed E-state index contributed by atoms with van der Waals surface area (Å²) in [6.07, 6.45) is 0.492. The molecule has 0 spiro atoms. The molecule has 0 aliphatic carbocycles. The number of hydrogen-bond donors (Lipinski definition) is 0. The van der Waals surface area contributed by atoms with Gasteiger partial charge >= 0.3 is 13.4 Å². The van der Waals surface area contributed by atoms with Crippen LogP contribution >= 0.6 is 15.0 Å². The lowest BCUT2D eigenvalue weighted by Crippen LogP contribution is -2.13. The quantitative estimate of drug-likeness (QED) is 0.474. The highest BCUT2D eigenvalue weighted by molar-refractivity contribution is 7.78. The molecule has 28 heavy (non-hydrogen) atoms. The molecule has 10 heteroatoms. The molecule has 2 rings (SSSR count). The Bertz CT molecular complexity index is 902. The van der Waals surface area contributed by atoms with Gasteiger partial charge in [0.2, 0.25) is 7.37 Å². The summed E-state index contributed by atoms with van der Waals surface area (Å²) in [6, 6.07) is 6.50. The largest absolute Gasteiger partial charge is 0.519 e. The van der Waals surface area contributed by atoms with Crippen LogP contribution in [0.1, 0.15) is 33.5 Å². The lowest BCUT2D eigenvalue weighted by molar-refractivity contribution is 0.222. The minimum absolute atomic E-state index is 0.168. The summed E-state index contributed by atoms with van der Waals surface area (Å²) in [6.45, 7) is 7.44. The van der Waals surface area contributed by atoms with Gasteiger partial charge in [-0.3, -0.25) is 9.13 Å². The molecule has 1 heterocycles. The Kier molecular flexibility index (Phi) is 8.05. The van der Waals surface area contributed by atoms with Crippen molar-refractivity contribution in [2.45, 2.75) is 34.1 Å². The maximum Gasteiger partial charge on any atom is 0.519 e. The fourth-order valence-electron chi connectivity index (χ4n) is 2.75. The average molecular weight is 432 g/mol. The van der Waals surface area contributed by atoms with Crippen molar-refractivity contribution in [1.82, 2.24) is 0 Å². The second-order valence-corrected chi connectivity index (χ2v) is 10.8. The van der Waals surface area contributed by atoms with E-state index in [-0.39, 0.29) is 25.7 Å². The van der Waals surface area contributed by atoms with Crippen LogP contribution in [0.15, 0.2) is 37.9 Å². The number of benzene rings is 1. The van der Waals surface area contributed by atoms with Crippen LogP contribution in [-0.2, 0) is 29.1 Å². The minimum atomic E-state index is -3.58. The highest BCUT2D eigenvalue weighted by Crippen LogP contribution is 2.62. The van der Waals surface area contributed by atoms with Gasteiger partial charge in [-0.1, -0.05) is 19.1 Å². The first-order valence-corrected chi connectivity index (χ1v) is 12.7. The molecule has 0 bridgehead atoms. The number of rotatable bonds is 11. The minimum Gasteiger partial charge on any atom is -0.395 e. The van der Waals surface area contributed by atoms with Gasteiger partial charge in [0, 0.05) is 17.3 Å². The molecule has 1 aromatic carbocycles. The molecule has 0 radical (unpaired) electrons. The van der Waals surface area contributed by atoms with Gasteiger partial charge in [-0.05, 0) is 32.9 Å². The Morgan fingerprint density at radius 1 is 0.857 bits per heavy atom. The highest BCUT2D eigenvalue weighted by atomic mass is 31.2. The molecule has 0 aliphatic heterocycles. The zero-order chi connectivity index (χ0) is 20.8. The standard InChI is InChI=1S/C18H26O8P2/c1-5-16-17(26-18(19)25-16)14-9-11-15(12-10-14)27(20,22-6-2)13-28(21,23-7-3)24-8-4/h9-12H,5-8,13H2,1-4H3. The van der Waals surface area contributed by atoms with Gasteiger partial charge in [0.1, 0.15) is 5.90 Å². The van der Waals surface area contributed by atoms with Crippen molar-refractivity contribution in [2.24, 2.45) is 0 Å². The van der Waals surface area contributed by atoms with Crippen LogP contribution in [0.4, 0.5) is 0 Å². The second kappa shape index (κ2) is 9.86. The van der Waals surface area contributed by atoms with Crippen molar-refractivity contribution in [1.29, 1.82) is 0 Å². The fraction of sp³-hybridized carbons (Fsp3) is 0.500. The van der Waals surface area contributed by atoms with Gasteiger partial charge in [-0.25, -0.2) is 4.79 Å². The first-order valence-electron chi connectivity index (χ1n) is 9.16. The Labute approximate surface area is 164 Å². The summed E-state index contributed by atoms with van der Waals surface area (Å²) in [5.74, 6) is -0.358. The average Bonchev–Trinajstić information content (AvgIpc) is 3.03. The van der Waals surface area contributed by atoms with E-state index < -0.39 is 20.8 Å². The normalized spacial score (nSPS) is 14.1. The van der Waals surface area contributed by atoms with Crippen LogP contribution in [0.5, 0.6) is 0 Å². The fourth-order valence-corrected chi connectivity index (χ4v) is 8.23. The SMILES string of the molecule is CCOP(=O)(CP(=O)(OCC)c1ccc(-c2oc(=O)oc2CC)cc1)OCC. The summed E-state index contributed by atoms with van der Waals surface area (Å²) in [5.41, 5.74) is 0.604. The molecule has 0 saturated carbocycles. The molecular weight excluding hydrogens is 406 g/mol. The van der Waals surface area contributed by atoms with Crippen molar-refractivity contribution in [3.63, 3.8) is 0 Å². The van der Waals surface area contributed by atoms with Crippen LogP contribution in [0.25, 0.3) is 11.3 Å². The molecule has 1 unspecified atom stereocenters. The van der Waals surface area contributed by atoms with Gasteiger partial charge in [0.25, 0.3) is 0 Å². The lowest BCUT2D eigenvalue weighted by atomic mass is 10.1. The number of hydrogen-bond acceptors (Lipinski definition) is 8. The van der Waals surface area contributed by atoms with Crippen molar-refractivity contribution >= 4 is 20.3 Å². The third-order valence-corrected chi connectivity index (χ3v) is 9.78. The summed E-state index contributed by atoms with van der Waals surface area (Å²) >= 11 is 0. The van der Waals surface area contributed by atoms with Gasteiger partial charge in [0.15, 0.2) is 11.5 Å². The maximum absolute atomic E-state index is 13.5.